The third kappa shape index (κ3) is 5.00. The summed E-state index contributed by atoms with van der Waals surface area (Å²) in [7, 11) is 1.64. The van der Waals surface area contributed by atoms with Gasteiger partial charge in [-0.2, -0.15) is 0 Å². The van der Waals surface area contributed by atoms with Gasteiger partial charge in [0.15, 0.2) is 0 Å². The average Bonchev–Trinajstić information content (AvgIpc) is 2.28. The first-order valence-electron chi connectivity index (χ1n) is 5.25. The third-order valence-corrected chi connectivity index (χ3v) is 1.87. The van der Waals surface area contributed by atoms with Crippen molar-refractivity contribution in [3.05, 3.63) is 24.3 Å². The molecule has 0 spiro atoms. The molecule has 1 atom stereocenters. The summed E-state index contributed by atoms with van der Waals surface area (Å²) < 4.78 is 15.6. The molecule has 1 aromatic rings. The summed E-state index contributed by atoms with van der Waals surface area (Å²) in [6.07, 6.45) is -0.461. The summed E-state index contributed by atoms with van der Waals surface area (Å²) >= 11 is 0. The van der Waals surface area contributed by atoms with E-state index < -0.39 is 6.10 Å². The molecule has 1 N–H and O–H groups in total. The van der Waals surface area contributed by atoms with Crippen molar-refractivity contribution in [2.45, 2.75) is 13.0 Å². The molecule has 0 aliphatic carbocycles. The predicted molar refractivity (Wildman–Crippen MR) is 61.0 cm³/mol. The molecule has 0 fully saturated rings. The van der Waals surface area contributed by atoms with Gasteiger partial charge in [0.2, 0.25) is 0 Å². The predicted octanol–water partition coefficient (Wildman–Crippen LogP) is 1.47. The number of hydrogen-bond donors (Lipinski definition) is 1. The van der Waals surface area contributed by atoms with Gasteiger partial charge < -0.3 is 19.3 Å². The lowest BCUT2D eigenvalue weighted by atomic mass is 10.3. The summed E-state index contributed by atoms with van der Waals surface area (Å²) in [4.78, 5) is 0. The molecule has 4 nitrogen and oxygen atoms in total. The highest BCUT2D eigenvalue weighted by Gasteiger charge is 1.99. The van der Waals surface area contributed by atoms with Crippen LogP contribution in [-0.4, -0.2) is 38.1 Å². The smallest absolute Gasteiger partial charge is 0.119 e. The van der Waals surface area contributed by atoms with E-state index in [-0.39, 0.29) is 0 Å². The molecule has 0 aliphatic heterocycles. The molecule has 90 valence electrons. The van der Waals surface area contributed by atoms with Crippen LogP contribution in [0.2, 0.25) is 0 Å². The van der Waals surface area contributed by atoms with Crippen LogP contribution in [0.25, 0.3) is 0 Å². The quantitative estimate of drug-likeness (QED) is 0.715. The first-order chi connectivity index (χ1) is 7.72. The molecule has 0 aliphatic rings. The van der Waals surface area contributed by atoms with Crippen LogP contribution < -0.4 is 9.47 Å². The molecule has 1 aromatic carbocycles. The van der Waals surface area contributed by atoms with E-state index in [1.165, 1.54) is 0 Å². The van der Waals surface area contributed by atoms with E-state index in [1.54, 1.807) is 14.0 Å². The van der Waals surface area contributed by atoms with Gasteiger partial charge >= 0.3 is 0 Å². The number of methoxy groups -OCH3 is 1. The van der Waals surface area contributed by atoms with Crippen molar-refractivity contribution >= 4 is 0 Å². The maximum Gasteiger partial charge on any atom is 0.119 e. The Kier molecular flexibility index (Phi) is 5.67. The molecule has 4 heteroatoms. The van der Waals surface area contributed by atoms with E-state index >= 15 is 0 Å². The highest BCUT2D eigenvalue weighted by Crippen LogP contribution is 2.17. The number of ether oxygens (including phenoxy) is 3. The van der Waals surface area contributed by atoms with Gasteiger partial charge in [0.05, 0.1) is 12.7 Å². The van der Waals surface area contributed by atoms with Crippen LogP contribution >= 0.6 is 0 Å². The van der Waals surface area contributed by atoms with Crippen LogP contribution in [0.1, 0.15) is 6.92 Å². The van der Waals surface area contributed by atoms with Gasteiger partial charge in [0.25, 0.3) is 0 Å². The summed E-state index contributed by atoms with van der Waals surface area (Å²) in [5, 5.41) is 9.05. The Balaban J connectivity index is 2.35. The lowest BCUT2D eigenvalue weighted by molar-refractivity contribution is 0.122. The molecule has 0 saturated carbocycles. The topological polar surface area (TPSA) is 47.9 Å². The van der Waals surface area contributed by atoms with Crippen LogP contribution in [0.5, 0.6) is 11.5 Å². The second kappa shape index (κ2) is 7.09. The van der Waals surface area contributed by atoms with Gasteiger partial charge in [-0.1, -0.05) is 0 Å². The number of benzene rings is 1. The lowest BCUT2D eigenvalue weighted by Crippen LogP contribution is -2.12. The number of rotatable bonds is 7. The van der Waals surface area contributed by atoms with Gasteiger partial charge in [-0.25, -0.2) is 0 Å². The van der Waals surface area contributed by atoms with Gasteiger partial charge in [0, 0.05) is 7.11 Å². The first kappa shape index (κ1) is 12.8. The zero-order chi connectivity index (χ0) is 11.8. The summed E-state index contributed by atoms with van der Waals surface area (Å²) in [6.45, 7) is 3.08. The summed E-state index contributed by atoms with van der Waals surface area (Å²) in [6, 6.07) is 7.27. The Morgan fingerprint density at radius 2 is 1.62 bits per heavy atom. The van der Waals surface area contributed by atoms with Crippen molar-refractivity contribution < 1.29 is 19.3 Å². The molecule has 16 heavy (non-hydrogen) atoms. The molecule has 0 aromatic heterocycles. The van der Waals surface area contributed by atoms with E-state index in [9.17, 15) is 0 Å². The molecular formula is C12H18O4. The maximum atomic E-state index is 9.05. The maximum absolute atomic E-state index is 9.05. The highest BCUT2D eigenvalue weighted by molar-refractivity contribution is 5.31. The lowest BCUT2D eigenvalue weighted by Gasteiger charge is -2.09. The Morgan fingerprint density at radius 3 is 2.12 bits per heavy atom. The fourth-order valence-corrected chi connectivity index (χ4v) is 1.09. The summed E-state index contributed by atoms with van der Waals surface area (Å²) in [5.74, 6) is 1.50. The van der Waals surface area contributed by atoms with Gasteiger partial charge in [-0.3, -0.25) is 0 Å². The molecule has 0 heterocycles. The second-order valence-corrected chi connectivity index (χ2v) is 3.47. The average molecular weight is 226 g/mol. The largest absolute Gasteiger partial charge is 0.491 e. The Bertz CT molecular complexity index is 282. The fraction of sp³-hybridized carbons (Fsp3) is 0.500. The van der Waals surface area contributed by atoms with Gasteiger partial charge in [-0.15, -0.1) is 0 Å². The third-order valence-electron chi connectivity index (χ3n) is 1.87. The Hall–Kier alpha value is -1.26. The zero-order valence-corrected chi connectivity index (χ0v) is 9.68. The van der Waals surface area contributed by atoms with Crippen molar-refractivity contribution in [1.82, 2.24) is 0 Å². The minimum absolute atomic E-state index is 0.296. The Morgan fingerprint density at radius 1 is 1.06 bits per heavy atom. The van der Waals surface area contributed by atoms with Crippen molar-refractivity contribution in [1.29, 1.82) is 0 Å². The fourth-order valence-electron chi connectivity index (χ4n) is 1.09. The highest BCUT2D eigenvalue weighted by atomic mass is 16.5. The van der Waals surface area contributed by atoms with Crippen LogP contribution in [0, 0.1) is 0 Å². The Labute approximate surface area is 95.8 Å². The van der Waals surface area contributed by atoms with Crippen molar-refractivity contribution in [2.75, 3.05) is 26.9 Å². The molecule has 0 bridgehead atoms. The van der Waals surface area contributed by atoms with E-state index in [0.29, 0.717) is 19.8 Å². The van der Waals surface area contributed by atoms with Crippen LogP contribution in [0.4, 0.5) is 0 Å². The van der Waals surface area contributed by atoms with E-state index in [4.69, 9.17) is 19.3 Å². The van der Waals surface area contributed by atoms with Crippen LogP contribution in [0.3, 0.4) is 0 Å². The monoisotopic (exact) mass is 226 g/mol. The van der Waals surface area contributed by atoms with Gasteiger partial charge in [0.1, 0.15) is 24.7 Å². The van der Waals surface area contributed by atoms with Crippen molar-refractivity contribution in [3.63, 3.8) is 0 Å². The van der Waals surface area contributed by atoms with E-state index in [2.05, 4.69) is 0 Å². The molecule has 0 radical (unpaired) electrons. The number of hydrogen-bond acceptors (Lipinski definition) is 4. The molecule has 0 saturated heterocycles. The van der Waals surface area contributed by atoms with Crippen molar-refractivity contribution in [3.8, 4) is 11.5 Å². The second-order valence-electron chi connectivity index (χ2n) is 3.47. The number of aliphatic hydroxyl groups is 1. The minimum atomic E-state index is -0.461. The zero-order valence-electron chi connectivity index (χ0n) is 9.68. The normalized spacial score (nSPS) is 12.2. The molecular weight excluding hydrogens is 208 g/mol. The van der Waals surface area contributed by atoms with Crippen molar-refractivity contribution in [2.24, 2.45) is 0 Å². The van der Waals surface area contributed by atoms with E-state index in [0.717, 1.165) is 11.5 Å². The SMILES string of the molecule is COCCOc1ccc(OCC(C)O)cc1. The number of aliphatic hydroxyl groups excluding tert-OH is 1. The van der Waals surface area contributed by atoms with Crippen LogP contribution in [0.15, 0.2) is 24.3 Å². The molecule has 1 rings (SSSR count). The molecule has 1 unspecified atom stereocenters. The van der Waals surface area contributed by atoms with Crippen LogP contribution in [-0.2, 0) is 4.74 Å². The molecule has 0 amide bonds. The first-order valence-corrected chi connectivity index (χ1v) is 5.25. The van der Waals surface area contributed by atoms with Gasteiger partial charge in [-0.05, 0) is 31.2 Å². The minimum Gasteiger partial charge on any atom is -0.491 e. The van der Waals surface area contributed by atoms with E-state index in [1.807, 2.05) is 24.3 Å². The summed E-state index contributed by atoms with van der Waals surface area (Å²) in [5.41, 5.74) is 0. The standard InChI is InChI=1S/C12H18O4/c1-10(13)9-16-12-5-3-11(4-6-12)15-8-7-14-2/h3-6,10,13H,7-9H2,1-2H3.